The van der Waals surface area contributed by atoms with Gasteiger partial charge in [-0.1, -0.05) is 123 Å². The topological polar surface area (TPSA) is 413 Å². The van der Waals surface area contributed by atoms with E-state index in [1.165, 1.54) is 0 Å². The number of benzene rings is 1. The third kappa shape index (κ3) is 64.8. The van der Waals surface area contributed by atoms with E-state index < -0.39 is 164 Å². The van der Waals surface area contributed by atoms with Gasteiger partial charge in [-0.25, -0.2) is 0 Å². The fourth-order valence-electron chi connectivity index (χ4n) is 12.5. The summed E-state index contributed by atoms with van der Waals surface area (Å²) in [6.07, 6.45) is 4.67. The zero-order valence-electron chi connectivity index (χ0n) is 77.4. The average molecular weight is 1750 g/mol. The van der Waals surface area contributed by atoms with Crippen LogP contribution in [0.4, 0.5) is 0 Å². The number of amides is 8. The van der Waals surface area contributed by atoms with Gasteiger partial charge in [0.05, 0.1) is 90.2 Å². The lowest BCUT2D eigenvalue weighted by Crippen LogP contribution is -2.41. The number of hydrogen-bond donors (Lipinski definition) is 8. The van der Waals surface area contributed by atoms with Gasteiger partial charge in [0.25, 0.3) is 0 Å². The van der Waals surface area contributed by atoms with Gasteiger partial charge in [0.2, 0.25) is 47.3 Å². The summed E-state index contributed by atoms with van der Waals surface area (Å²) in [5.74, 6) is -15.0. The molecule has 0 saturated heterocycles. The molecule has 0 heterocycles. The molecule has 706 valence electrons. The third-order valence-electron chi connectivity index (χ3n) is 20.3. The number of hydrogen-bond acceptors (Lipinski definition) is 25. The number of carbonyl (C=O) groups is 14. The number of ketones is 5. The van der Waals surface area contributed by atoms with Gasteiger partial charge in [0.15, 0.2) is 0 Å². The van der Waals surface area contributed by atoms with Crippen LogP contribution in [0.1, 0.15) is 201 Å². The van der Waals surface area contributed by atoms with Crippen molar-refractivity contribution in [2.24, 2.45) is 41.4 Å². The number of esters is 1. The highest BCUT2D eigenvalue weighted by molar-refractivity contribution is 5.99. The van der Waals surface area contributed by atoms with E-state index in [9.17, 15) is 62.3 Å². The van der Waals surface area contributed by atoms with E-state index in [-0.39, 0.29) is 109 Å². The van der Waals surface area contributed by atoms with Gasteiger partial charge in [0, 0.05) is 200 Å². The molecule has 0 spiro atoms. The van der Waals surface area contributed by atoms with Gasteiger partial charge in [0.1, 0.15) is 35.5 Å². The molecule has 8 amide bonds. The molecule has 1 rings (SSSR count). The van der Waals surface area contributed by atoms with Crippen molar-refractivity contribution in [3.05, 3.63) is 35.9 Å². The summed E-state index contributed by atoms with van der Waals surface area (Å²) in [7, 11) is 14.8. The minimum atomic E-state index is -1.37. The van der Waals surface area contributed by atoms with Gasteiger partial charge in [-0.15, -0.1) is 0 Å². The summed E-state index contributed by atoms with van der Waals surface area (Å²) in [4.78, 5) is 201. The number of rotatable bonds is 79. The van der Waals surface area contributed by atoms with E-state index in [1.807, 2.05) is 108 Å². The number of nitrogens with zero attached hydrogens (tertiary/aromatic N) is 4. The van der Waals surface area contributed by atoms with Gasteiger partial charge in [-0.05, 0) is 73.5 Å². The first-order valence-corrected chi connectivity index (χ1v) is 44.9. The average Bonchev–Trinajstić information content (AvgIpc) is 0.853. The predicted molar refractivity (Wildman–Crippen MR) is 474 cm³/mol. The lowest BCUT2D eigenvalue weighted by atomic mass is 9.82. The van der Waals surface area contributed by atoms with Crippen LogP contribution in [-0.4, -0.2) is 316 Å². The Bertz CT molecular complexity index is 3100. The lowest BCUT2D eigenvalue weighted by Gasteiger charge is -2.23. The van der Waals surface area contributed by atoms with E-state index in [0.29, 0.717) is 91.6 Å². The van der Waals surface area contributed by atoms with Gasteiger partial charge < -0.3 is 95.3 Å². The van der Waals surface area contributed by atoms with Gasteiger partial charge >= 0.3 is 5.97 Å². The first kappa shape index (κ1) is 115. The van der Waals surface area contributed by atoms with Crippen molar-refractivity contribution in [2.75, 3.05) is 214 Å². The maximum atomic E-state index is 15.0. The zero-order valence-corrected chi connectivity index (χ0v) is 77.4. The highest BCUT2D eigenvalue weighted by atomic mass is 16.5. The number of methoxy groups -OCH3 is 2. The molecule has 0 aliphatic heterocycles. The quantitative estimate of drug-likeness (QED) is 0.0289. The second-order valence-electron chi connectivity index (χ2n) is 32.4. The van der Waals surface area contributed by atoms with Crippen molar-refractivity contribution in [1.29, 1.82) is 0 Å². The van der Waals surface area contributed by atoms with Crippen LogP contribution in [-0.2, 0) is 107 Å². The molecule has 0 radical (unpaired) electrons. The summed E-state index contributed by atoms with van der Waals surface area (Å²) in [6.45, 7) is 20.8. The third-order valence-corrected chi connectivity index (χ3v) is 20.3. The molecule has 0 aliphatic carbocycles. The van der Waals surface area contributed by atoms with E-state index in [1.54, 1.807) is 28.1 Å². The number of carbonyl (C=O) groups excluding carboxylic acids is 14. The monoisotopic (exact) mass is 1750 g/mol. The second-order valence-corrected chi connectivity index (χ2v) is 32.4. The maximum absolute atomic E-state index is 15.0. The van der Waals surface area contributed by atoms with Gasteiger partial charge in [-0.2, -0.15) is 0 Å². The Labute approximate surface area is 735 Å². The molecular weight excluding hydrogens is 1590 g/mol. The molecule has 0 saturated carbocycles. The highest BCUT2D eigenvalue weighted by Crippen LogP contribution is 2.26. The standard InChI is InChI=1S/C74H137N11O18.C16H23NO3/c1-13-16-19-21-24-75-68(91)54-59(67(90)53-61(73(96)80-27-31-85(10)35-33-83(7)8)50-65(88)51-62(74(97)78-23-18-15-3)56-70(93)76-26-30-84(9)34-32-82(5)6)48-64(87)49-60(72(95)79-25-22-20-17-14-2)52-66(89)58(55-69(92)77-28-36-100-42-44-102-40-38-98-11)47-63(86)46-57(4)71(94)81-29-37-101-43-45-103-41-39-99-12;1-3-4-10-17-16(19)13(2)11-15(18)20-12-14-8-6-5-7-9-14/h57-62H,13-56H2,1-12H3,(H,75,91)(H,76,93)(H,77,92)(H,78,97)(H,79,95)(H,80,96)(H,81,94);5-9,13H,3-4,10-12H2,1-2H3,(H,17,19). The summed E-state index contributed by atoms with van der Waals surface area (Å²) in [5.41, 5.74) is 0.945. The van der Waals surface area contributed by atoms with Crippen molar-refractivity contribution in [2.45, 2.75) is 202 Å². The largest absolute Gasteiger partial charge is 0.461 e. The number of likely N-dealkylation sites (N-methyl/N-ethyl adjacent to an activating group) is 4. The summed E-state index contributed by atoms with van der Waals surface area (Å²) < 4.78 is 37.0. The minimum Gasteiger partial charge on any atom is -0.461 e. The Morgan fingerprint density at radius 3 is 1.07 bits per heavy atom. The van der Waals surface area contributed by atoms with Crippen molar-refractivity contribution in [3.8, 4) is 0 Å². The molecule has 1 aromatic carbocycles. The van der Waals surface area contributed by atoms with E-state index in [2.05, 4.69) is 54.4 Å². The zero-order chi connectivity index (χ0) is 91.8. The minimum absolute atomic E-state index is 0.0492. The molecule has 7 atom stereocenters. The Balaban J connectivity index is 0.00000646. The predicted octanol–water partition coefficient (Wildman–Crippen LogP) is 5.63. The molecule has 0 fully saturated rings. The van der Waals surface area contributed by atoms with Crippen LogP contribution in [0.15, 0.2) is 30.3 Å². The van der Waals surface area contributed by atoms with Gasteiger partial charge in [-0.3, -0.25) is 67.1 Å². The first-order chi connectivity index (χ1) is 58.9. The lowest BCUT2D eigenvalue weighted by molar-refractivity contribution is -0.148. The van der Waals surface area contributed by atoms with Crippen LogP contribution in [0.5, 0.6) is 0 Å². The molecule has 1 aromatic rings. The summed E-state index contributed by atoms with van der Waals surface area (Å²) >= 11 is 0. The van der Waals surface area contributed by atoms with Crippen LogP contribution in [0, 0.1) is 41.4 Å². The molecule has 33 heteroatoms. The molecule has 0 bridgehead atoms. The van der Waals surface area contributed by atoms with Crippen molar-refractivity contribution >= 4 is 82.1 Å². The number of ether oxygens (including phenoxy) is 7. The van der Waals surface area contributed by atoms with Crippen LogP contribution < -0.4 is 42.5 Å². The van der Waals surface area contributed by atoms with E-state index >= 15 is 4.79 Å². The van der Waals surface area contributed by atoms with E-state index in [0.717, 1.165) is 83.0 Å². The van der Waals surface area contributed by atoms with Crippen molar-refractivity contribution in [3.63, 3.8) is 0 Å². The Morgan fingerprint density at radius 2 is 0.634 bits per heavy atom. The van der Waals surface area contributed by atoms with E-state index in [4.69, 9.17) is 33.2 Å². The van der Waals surface area contributed by atoms with Crippen molar-refractivity contribution in [1.82, 2.24) is 62.1 Å². The second kappa shape index (κ2) is 75.7. The molecule has 123 heavy (non-hydrogen) atoms. The number of Topliss-reactive ketones (excluding diaryl/α,β-unsaturated/α-hetero) is 5. The number of nitrogens with one attached hydrogen (secondary N) is 8. The van der Waals surface area contributed by atoms with Crippen LogP contribution >= 0.6 is 0 Å². The fourth-order valence-corrected chi connectivity index (χ4v) is 12.5. The van der Waals surface area contributed by atoms with Crippen LogP contribution in [0.2, 0.25) is 0 Å². The fraction of sp³-hybridized carbons (Fsp3) is 0.778. The van der Waals surface area contributed by atoms with Crippen molar-refractivity contribution < 1.29 is 100 Å². The molecule has 0 aromatic heterocycles. The van der Waals surface area contributed by atoms with Crippen LogP contribution in [0.3, 0.4) is 0 Å². The molecular formula is C90H160N12O21. The van der Waals surface area contributed by atoms with Crippen LogP contribution in [0.25, 0.3) is 0 Å². The molecule has 8 N–H and O–H groups in total. The highest BCUT2D eigenvalue weighted by Gasteiger charge is 2.36. The molecule has 7 unspecified atom stereocenters. The maximum Gasteiger partial charge on any atom is 0.306 e. The SMILES string of the molecule is CCCCCCNC(=O)CC(CC(=O)CC(CC(=O)C(CC(=O)CC(C)C(=O)NCCOCCOCCOC)CC(=O)NCCOCCOCCOC)C(=O)NCCCCCC)C(=O)CC(CC(=O)CC(CC(=O)NCCN(C)CCN(C)C)C(=O)NCCCC)C(=O)NCCN(C)CCN(C)C.CCCCNC(=O)C(C)CC(=O)OCc1ccccc1. The number of unbranched alkanes of at least 4 members (excludes halogenated alkanes) is 8. The first-order valence-electron chi connectivity index (χ1n) is 44.9. The Morgan fingerprint density at radius 1 is 0.309 bits per heavy atom. The Kier molecular flexibility index (Phi) is 71.0. The normalized spacial score (nSPS) is 13.0. The Hall–Kier alpha value is -7.60. The summed E-state index contributed by atoms with van der Waals surface area (Å²) in [5, 5.41) is 22.6. The molecule has 0 aliphatic rings. The smallest absolute Gasteiger partial charge is 0.306 e. The summed E-state index contributed by atoms with van der Waals surface area (Å²) in [6, 6.07) is 9.50. The molecule has 33 nitrogen and oxygen atoms in total.